The summed E-state index contributed by atoms with van der Waals surface area (Å²) in [5.41, 5.74) is 4.90. The first-order chi connectivity index (χ1) is 6.85. The van der Waals surface area contributed by atoms with Crippen molar-refractivity contribution in [1.82, 2.24) is 0 Å². The van der Waals surface area contributed by atoms with E-state index in [1.807, 2.05) is 0 Å². The maximum atomic E-state index is 12.5. The molecule has 6 heteroatoms. The van der Waals surface area contributed by atoms with Crippen LogP contribution in [0.2, 0.25) is 0 Å². The molecule has 1 atom stereocenters. The lowest BCUT2D eigenvalue weighted by Crippen LogP contribution is -2.33. The van der Waals surface area contributed by atoms with E-state index < -0.39 is 26.8 Å². The van der Waals surface area contributed by atoms with Crippen molar-refractivity contribution in [1.29, 1.82) is 0 Å². The van der Waals surface area contributed by atoms with Crippen LogP contribution in [-0.2, 0) is 14.6 Å². The highest BCUT2D eigenvalue weighted by Gasteiger charge is 2.27. The molecule has 0 aromatic heterocycles. The van der Waals surface area contributed by atoms with E-state index >= 15 is 0 Å². The molecule has 1 rings (SSSR count). The van der Waals surface area contributed by atoms with E-state index in [1.54, 1.807) is 0 Å². The van der Waals surface area contributed by atoms with Crippen LogP contribution < -0.4 is 5.73 Å². The lowest BCUT2D eigenvalue weighted by Gasteiger charge is -2.08. The van der Waals surface area contributed by atoms with Gasteiger partial charge in [0.15, 0.2) is 9.84 Å². The van der Waals surface area contributed by atoms with Gasteiger partial charge < -0.3 is 5.73 Å². The van der Waals surface area contributed by atoms with Crippen LogP contribution in [-0.4, -0.2) is 19.6 Å². The van der Waals surface area contributed by atoms with Crippen LogP contribution in [0.4, 0.5) is 4.39 Å². The van der Waals surface area contributed by atoms with Gasteiger partial charge in [-0.25, -0.2) is 12.8 Å². The first kappa shape index (κ1) is 11.6. The quantitative estimate of drug-likeness (QED) is 0.768. The molecule has 0 radical (unpaired) electrons. The first-order valence-corrected chi connectivity index (χ1v) is 5.69. The van der Waals surface area contributed by atoms with Gasteiger partial charge >= 0.3 is 0 Å². The van der Waals surface area contributed by atoms with Gasteiger partial charge in [0.2, 0.25) is 5.91 Å². The molecule has 4 nitrogen and oxygen atoms in total. The minimum Gasteiger partial charge on any atom is -0.369 e. The van der Waals surface area contributed by atoms with Crippen molar-refractivity contribution in [2.24, 2.45) is 5.73 Å². The van der Waals surface area contributed by atoms with Gasteiger partial charge in [-0.2, -0.15) is 0 Å². The van der Waals surface area contributed by atoms with E-state index in [0.29, 0.717) is 0 Å². The van der Waals surface area contributed by atoms with Crippen LogP contribution >= 0.6 is 0 Å². The lowest BCUT2D eigenvalue weighted by molar-refractivity contribution is -0.117. The second kappa shape index (κ2) is 3.98. The molecule has 0 aliphatic heterocycles. The van der Waals surface area contributed by atoms with Crippen LogP contribution in [0.5, 0.6) is 0 Å². The van der Waals surface area contributed by atoms with Crippen molar-refractivity contribution in [2.75, 3.05) is 0 Å². The van der Waals surface area contributed by atoms with Crippen LogP contribution in [0.15, 0.2) is 29.2 Å². The second-order valence-corrected chi connectivity index (χ2v) is 5.31. The summed E-state index contributed by atoms with van der Waals surface area (Å²) in [5, 5.41) is -1.32. The number of hydrogen-bond donors (Lipinski definition) is 1. The average Bonchev–Trinajstić information content (AvgIpc) is 2.17. The second-order valence-electron chi connectivity index (χ2n) is 3.04. The molecule has 0 spiro atoms. The molecule has 82 valence electrons. The summed E-state index contributed by atoms with van der Waals surface area (Å²) in [4.78, 5) is 10.6. The summed E-state index contributed by atoms with van der Waals surface area (Å²) in [5.74, 6) is -1.47. The molecule has 0 saturated carbocycles. The molecule has 0 fully saturated rings. The predicted octanol–water partition coefficient (Wildman–Crippen LogP) is 0.473. The number of carbonyl (C=O) groups excluding carboxylic acids is 1. The van der Waals surface area contributed by atoms with E-state index in [0.717, 1.165) is 24.3 Å². The number of halogens is 1. The molecule has 0 saturated heterocycles. The highest BCUT2D eigenvalue weighted by molar-refractivity contribution is 7.92. The number of benzene rings is 1. The maximum absolute atomic E-state index is 12.5. The normalized spacial score (nSPS) is 13.5. The van der Waals surface area contributed by atoms with Gasteiger partial charge in [0.25, 0.3) is 0 Å². The van der Waals surface area contributed by atoms with Crippen molar-refractivity contribution < 1.29 is 17.6 Å². The summed E-state index contributed by atoms with van der Waals surface area (Å²) in [6, 6.07) is 4.23. The van der Waals surface area contributed by atoms with Crippen LogP contribution in [0.1, 0.15) is 6.92 Å². The zero-order chi connectivity index (χ0) is 11.6. The molecule has 1 unspecified atom stereocenters. The zero-order valence-corrected chi connectivity index (χ0v) is 8.79. The van der Waals surface area contributed by atoms with Crippen LogP contribution in [0.25, 0.3) is 0 Å². The standard InChI is InChI=1S/C9H10FNO3S/c1-6(9(11)12)15(13,14)8-4-2-7(10)3-5-8/h2-6H,1H3,(H2,11,12). The molecule has 0 aliphatic rings. The van der Waals surface area contributed by atoms with E-state index in [1.165, 1.54) is 6.92 Å². The summed E-state index contributed by atoms with van der Waals surface area (Å²) >= 11 is 0. The third-order valence-electron chi connectivity index (χ3n) is 2.01. The minimum absolute atomic E-state index is 0.116. The predicted molar refractivity (Wildman–Crippen MR) is 52.2 cm³/mol. The molecular formula is C9H10FNO3S. The molecule has 2 N–H and O–H groups in total. The zero-order valence-electron chi connectivity index (χ0n) is 7.98. The molecule has 1 amide bonds. The maximum Gasteiger partial charge on any atom is 0.235 e. The van der Waals surface area contributed by atoms with Gasteiger partial charge in [-0.3, -0.25) is 4.79 Å². The van der Waals surface area contributed by atoms with Crippen molar-refractivity contribution >= 4 is 15.7 Å². The van der Waals surface area contributed by atoms with Gasteiger partial charge in [-0.15, -0.1) is 0 Å². The van der Waals surface area contributed by atoms with Gasteiger partial charge in [0.05, 0.1) is 4.90 Å². The molecule has 0 aliphatic carbocycles. The molecule has 0 heterocycles. The summed E-state index contributed by atoms with van der Waals surface area (Å²) in [6.45, 7) is 1.20. The highest BCUT2D eigenvalue weighted by Crippen LogP contribution is 2.16. The fourth-order valence-electron chi connectivity index (χ4n) is 0.981. The van der Waals surface area contributed by atoms with Gasteiger partial charge in [-0.1, -0.05) is 0 Å². The molecular weight excluding hydrogens is 221 g/mol. The number of primary amides is 1. The summed E-state index contributed by atoms with van der Waals surface area (Å²) in [7, 11) is -3.80. The Labute approximate surface area is 86.8 Å². The third kappa shape index (κ3) is 2.33. The first-order valence-electron chi connectivity index (χ1n) is 4.14. The molecule has 1 aromatic rings. The fraction of sp³-hybridized carbons (Fsp3) is 0.222. The Kier molecular flexibility index (Phi) is 3.09. The Morgan fingerprint density at radius 1 is 1.33 bits per heavy atom. The van der Waals surface area contributed by atoms with Gasteiger partial charge in [0, 0.05) is 0 Å². The average molecular weight is 231 g/mol. The van der Waals surface area contributed by atoms with Crippen molar-refractivity contribution in [3.8, 4) is 0 Å². The van der Waals surface area contributed by atoms with E-state index in [-0.39, 0.29) is 4.90 Å². The Morgan fingerprint density at radius 2 is 1.80 bits per heavy atom. The van der Waals surface area contributed by atoms with Crippen molar-refractivity contribution in [3.05, 3.63) is 30.1 Å². The number of sulfone groups is 1. The molecule has 1 aromatic carbocycles. The van der Waals surface area contributed by atoms with Gasteiger partial charge in [-0.05, 0) is 31.2 Å². The molecule has 15 heavy (non-hydrogen) atoms. The molecule has 0 bridgehead atoms. The lowest BCUT2D eigenvalue weighted by atomic mass is 10.3. The summed E-state index contributed by atoms with van der Waals surface area (Å²) in [6.07, 6.45) is 0. The number of carbonyl (C=O) groups is 1. The van der Waals surface area contributed by atoms with Crippen LogP contribution in [0.3, 0.4) is 0 Å². The smallest absolute Gasteiger partial charge is 0.235 e. The Morgan fingerprint density at radius 3 is 2.20 bits per heavy atom. The fourth-order valence-corrected chi connectivity index (χ4v) is 2.21. The van der Waals surface area contributed by atoms with Gasteiger partial charge in [0.1, 0.15) is 11.1 Å². The van der Waals surface area contributed by atoms with Crippen LogP contribution in [0, 0.1) is 5.82 Å². The Balaban J connectivity index is 3.17. The highest BCUT2D eigenvalue weighted by atomic mass is 32.2. The number of rotatable bonds is 3. The Bertz CT molecular complexity index is 467. The Hall–Kier alpha value is -1.43. The van der Waals surface area contributed by atoms with E-state index in [9.17, 15) is 17.6 Å². The number of hydrogen-bond acceptors (Lipinski definition) is 3. The number of nitrogens with two attached hydrogens (primary N) is 1. The summed E-state index contributed by atoms with van der Waals surface area (Å²) < 4.78 is 35.9. The largest absolute Gasteiger partial charge is 0.369 e. The van der Waals surface area contributed by atoms with Crippen molar-refractivity contribution in [2.45, 2.75) is 17.1 Å². The van der Waals surface area contributed by atoms with E-state index in [4.69, 9.17) is 5.73 Å². The topological polar surface area (TPSA) is 77.2 Å². The third-order valence-corrected chi connectivity index (χ3v) is 4.10. The van der Waals surface area contributed by atoms with E-state index in [2.05, 4.69) is 0 Å². The van der Waals surface area contributed by atoms with Crippen molar-refractivity contribution in [3.63, 3.8) is 0 Å². The number of amides is 1. The monoisotopic (exact) mass is 231 g/mol. The minimum atomic E-state index is -3.80. The SMILES string of the molecule is CC(C(N)=O)S(=O)(=O)c1ccc(F)cc1.